The molecule has 0 aliphatic rings. The van der Waals surface area contributed by atoms with Crippen molar-refractivity contribution in [3.63, 3.8) is 0 Å². The van der Waals surface area contributed by atoms with Crippen LogP contribution in [0.25, 0.3) is 11.1 Å². The first-order valence-corrected chi connectivity index (χ1v) is 5.36. The zero-order valence-electron chi connectivity index (χ0n) is 8.28. The summed E-state index contributed by atoms with van der Waals surface area (Å²) in [5.41, 5.74) is 0.366. The third-order valence-electron chi connectivity index (χ3n) is 2.28. The average molecular weight is 277 g/mol. The van der Waals surface area contributed by atoms with Gasteiger partial charge in [-0.2, -0.15) is 0 Å². The predicted molar refractivity (Wildman–Crippen MR) is 61.8 cm³/mol. The highest BCUT2D eigenvalue weighted by Crippen LogP contribution is 2.36. The van der Waals surface area contributed by atoms with E-state index in [2.05, 4.69) is 0 Å². The smallest absolute Gasteiger partial charge is 0.178 e. The van der Waals surface area contributed by atoms with Gasteiger partial charge in [0.15, 0.2) is 11.6 Å². The molecule has 2 rings (SSSR count). The molecule has 0 N–H and O–H groups in total. The van der Waals surface area contributed by atoms with Gasteiger partial charge < -0.3 is 0 Å². The molecule has 0 atom stereocenters. The molecule has 5 heteroatoms. The summed E-state index contributed by atoms with van der Waals surface area (Å²) in [7, 11) is 0. The number of hydrogen-bond donors (Lipinski definition) is 0. The van der Waals surface area contributed by atoms with E-state index in [1.54, 1.807) is 0 Å². The third kappa shape index (κ3) is 2.13. The predicted octanol–water partition coefficient (Wildman–Crippen LogP) is 5.08. The van der Waals surface area contributed by atoms with Crippen LogP contribution in [0.5, 0.6) is 0 Å². The third-order valence-corrected chi connectivity index (χ3v) is 3.03. The van der Waals surface area contributed by atoms with Crippen LogP contribution in [0.4, 0.5) is 13.2 Å². The van der Waals surface area contributed by atoms with E-state index in [1.807, 2.05) is 0 Å². The van der Waals surface area contributed by atoms with E-state index < -0.39 is 22.5 Å². The van der Waals surface area contributed by atoms with Gasteiger partial charge in [0.1, 0.15) is 5.82 Å². The van der Waals surface area contributed by atoms with Crippen LogP contribution < -0.4 is 0 Å². The van der Waals surface area contributed by atoms with Crippen molar-refractivity contribution in [3.05, 3.63) is 57.8 Å². The minimum Gasteiger partial charge on any atom is -0.205 e. The van der Waals surface area contributed by atoms with E-state index in [0.717, 1.165) is 6.07 Å². The van der Waals surface area contributed by atoms with Crippen molar-refractivity contribution in [3.8, 4) is 11.1 Å². The monoisotopic (exact) mass is 276 g/mol. The Kier molecular flexibility index (Phi) is 3.31. The molecular weight excluding hydrogens is 272 g/mol. The fourth-order valence-corrected chi connectivity index (χ4v) is 1.93. The number of hydrogen-bond acceptors (Lipinski definition) is 0. The molecule has 0 amide bonds. The molecule has 0 aromatic heterocycles. The fourth-order valence-electron chi connectivity index (χ4n) is 1.45. The van der Waals surface area contributed by atoms with Gasteiger partial charge in [0, 0.05) is 11.1 Å². The molecule has 0 aliphatic heterocycles. The van der Waals surface area contributed by atoms with Gasteiger partial charge in [0.2, 0.25) is 0 Å². The summed E-state index contributed by atoms with van der Waals surface area (Å²) in [6.07, 6.45) is 0. The first kappa shape index (κ1) is 12.3. The first-order chi connectivity index (χ1) is 8.02. The minimum absolute atomic E-state index is 0.148. The fraction of sp³-hybridized carbons (Fsp3) is 0. The van der Waals surface area contributed by atoms with Crippen LogP contribution in [0, 0.1) is 17.5 Å². The van der Waals surface area contributed by atoms with Crippen LogP contribution in [0.2, 0.25) is 10.0 Å². The van der Waals surface area contributed by atoms with E-state index in [4.69, 9.17) is 23.2 Å². The van der Waals surface area contributed by atoms with Crippen molar-refractivity contribution in [2.45, 2.75) is 0 Å². The maximum atomic E-state index is 13.3. The van der Waals surface area contributed by atoms with Gasteiger partial charge in [0.05, 0.1) is 10.0 Å². The van der Waals surface area contributed by atoms with Crippen LogP contribution in [0.15, 0.2) is 30.3 Å². The number of benzene rings is 2. The van der Waals surface area contributed by atoms with Crippen molar-refractivity contribution < 1.29 is 13.2 Å². The van der Waals surface area contributed by atoms with Crippen molar-refractivity contribution in [2.75, 3.05) is 0 Å². The van der Waals surface area contributed by atoms with Gasteiger partial charge in [0.25, 0.3) is 0 Å². The summed E-state index contributed by atoms with van der Waals surface area (Å²) in [6.45, 7) is 0. The second kappa shape index (κ2) is 4.59. The highest BCUT2D eigenvalue weighted by Gasteiger charge is 2.16. The van der Waals surface area contributed by atoms with Gasteiger partial charge in [-0.05, 0) is 18.2 Å². The normalized spacial score (nSPS) is 10.6. The van der Waals surface area contributed by atoms with Crippen molar-refractivity contribution in [1.29, 1.82) is 0 Å². The zero-order valence-corrected chi connectivity index (χ0v) is 9.79. The molecule has 0 nitrogen and oxygen atoms in total. The Hall–Kier alpha value is -1.19. The maximum absolute atomic E-state index is 13.3. The molecular formula is C12H5Cl2F3. The quantitative estimate of drug-likeness (QED) is 0.638. The van der Waals surface area contributed by atoms with E-state index in [1.165, 1.54) is 24.3 Å². The largest absolute Gasteiger partial charge is 0.205 e. The molecule has 88 valence electrons. The second-order valence-electron chi connectivity index (χ2n) is 3.32. The lowest BCUT2D eigenvalue weighted by atomic mass is 10.1. The summed E-state index contributed by atoms with van der Waals surface area (Å²) in [5.74, 6) is -2.89. The lowest BCUT2D eigenvalue weighted by Crippen LogP contribution is -1.90. The minimum atomic E-state index is -1.18. The standard InChI is InChI=1S/C12H5Cl2F3/c13-10-6(2-1-3-8(10)15)7-4-5-9(16)12(17)11(7)14/h1-5H. The van der Waals surface area contributed by atoms with Gasteiger partial charge in [-0.1, -0.05) is 35.3 Å². The average Bonchev–Trinajstić information content (AvgIpc) is 2.31. The molecule has 0 bridgehead atoms. The molecule has 0 unspecified atom stereocenters. The Bertz CT molecular complexity index is 582. The van der Waals surface area contributed by atoms with Crippen molar-refractivity contribution in [1.82, 2.24) is 0 Å². The Morgan fingerprint density at radius 1 is 0.706 bits per heavy atom. The Morgan fingerprint density at radius 3 is 2.06 bits per heavy atom. The Morgan fingerprint density at radius 2 is 1.35 bits per heavy atom. The van der Waals surface area contributed by atoms with Crippen LogP contribution in [0.1, 0.15) is 0 Å². The van der Waals surface area contributed by atoms with Crippen LogP contribution >= 0.6 is 23.2 Å². The molecule has 0 spiro atoms. The Balaban J connectivity index is 2.69. The summed E-state index contributed by atoms with van der Waals surface area (Å²) in [6, 6.07) is 6.22. The van der Waals surface area contributed by atoms with E-state index in [0.29, 0.717) is 0 Å². The SMILES string of the molecule is Fc1ccc(-c2cccc(F)c2Cl)c(Cl)c1F. The molecule has 0 saturated heterocycles. The lowest BCUT2D eigenvalue weighted by molar-refractivity contribution is 0.509. The van der Waals surface area contributed by atoms with Crippen LogP contribution in [0.3, 0.4) is 0 Å². The summed E-state index contributed by atoms with van der Waals surface area (Å²) < 4.78 is 39.4. The highest BCUT2D eigenvalue weighted by molar-refractivity contribution is 6.36. The molecule has 17 heavy (non-hydrogen) atoms. The van der Waals surface area contributed by atoms with E-state index in [9.17, 15) is 13.2 Å². The molecule has 0 fully saturated rings. The molecule has 0 heterocycles. The molecule has 0 saturated carbocycles. The van der Waals surface area contributed by atoms with Crippen LogP contribution in [-0.4, -0.2) is 0 Å². The molecule has 0 aliphatic carbocycles. The molecule has 0 radical (unpaired) electrons. The second-order valence-corrected chi connectivity index (χ2v) is 4.08. The highest BCUT2D eigenvalue weighted by atomic mass is 35.5. The zero-order chi connectivity index (χ0) is 12.6. The Labute approximate surface area is 106 Å². The van der Waals surface area contributed by atoms with Gasteiger partial charge >= 0.3 is 0 Å². The number of rotatable bonds is 1. The van der Waals surface area contributed by atoms with Crippen molar-refractivity contribution in [2.24, 2.45) is 0 Å². The van der Waals surface area contributed by atoms with Crippen LogP contribution in [-0.2, 0) is 0 Å². The summed E-state index contributed by atoms with van der Waals surface area (Å²) >= 11 is 11.4. The molecule has 2 aromatic carbocycles. The topological polar surface area (TPSA) is 0 Å². The summed E-state index contributed by atoms with van der Waals surface area (Å²) in [4.78, 5) is 0. The molecule has 2 aromatic rings. The summed E-state index contributed by atoms with van der Waals surface area (Å²) in [5, 5.41) is -0.599. The van der Waals surface area contributed by atoms with E-state index in [-0.39, 0.29) is 16.1 Å². The first-order valence-electron chi connectivity index (χ1n) is 4.60. The van der Waals surface area contributed by atoms with E-state index >= 15 is 0 Å². The van der Waals surface area contributed by atoms with Gasteiger partial charge in [-0.3, -0.25) is 0 Å². The maximum Gasteiger partial charge on any atom is 0.178 e. The number of halogens is 5. The lowest BCUT2D eigenvalue weighted by Gasteiger charge is -2.08. The van der Waals surface area contributed by atoms with Crippen molar-refractivity contribution >= 4 is 23.2 Å². The van der Waals surface area contributed by atoms with Gasteiger partial charge in [-0.15, -0.1) is 0 Å². The van der Waals surface area contributed by atoms with Gasteiger partial charge in [-0.25, -0.2) is 13.2 Å².